The van der Waals surface area contributed by atoms with Crippen LogP contribution in [0.4, 0.5) is 0 Å². The predicted molar refractivity (Wildman–Crippen MR) is 123 cm³/mol. The molecule has 158 valence electrons. The highest BCUT2D eigenvalue weighted by Crippen LogP contribution is 2.40. The van der Waals surface area contributed by atoms with E-state index in [1.807, 2.05) is 13.8 Å². The molecule has 5 heterocycles. The van der Waals surface area contributed by atoms with Crippen LogP contribution in [0.25, 0.3) is 21.5 Å². The first-order valence-corrected chi connectivity index (χ1v) is 11.9. The molecule has 3 aromatic heterocycles. The number of rotatable bonds is 3. The first-order chi connectivity index (χ1) is 14.4. The Kier molecular flexibility index (Phi) is 4.94. The average Bonchev–Trinajstić information content (AvgIpc) is 3.39. The van der Waals surface area contributed by atoms with Crippen molar-refractivity contribution in [2.24, 2.45) is 0 Å². The lowest BCUT2D eigenvalue weighted by Crippen LogP contribution is -2.50. The zero-order valence-corrected chi connectivity index (χ0v) is 19.0. The van der Waals surface area contributed by atoms with E-state index in [0.717, 1.165) is 53.4 Å². The maximum absolute atomic E-state index is 13.4. The molecule has 2 atom stereocenters. The number of nitrogens with zero attached hydrogens (tertiary/aromatic N) is 2. The fraction of sp³-hybridized carbons (Fsp3) is 0.500. The van der Waals surface area contributed by atoms with Crippen molar-refractivity contribution < 1.29 is 4.79 Å². The van der Waals surface area contributed by atoms with Gasteiger partial charge in [-0.05, 0) is 69.3 Å². The van der Waals surface area contributed by atoms with Gasteiger partial charge in [-0.2, -0.15) is 0 Å². The number of hydrogen-bond acceptors (Lipinski definition) is 4. The molecule has 0 aliphatic carbocycles. The number of aromatic amines is 1. The van der Waals surface area contributed by atoms with Crippen LogP contribution >= 0.6 is 11.3 Å². The first-order valence-electron chi connectivity index (χ1n) is 11.1. The third-order valence-electron chi connectivity index (χ3n) is 6.55. The molecular weight excluding hydrogens is 392 g/mol. The number of carbonyl (C=O) groups excluding carboxylic acids is 1. The molecule has 2 fully saturated rings. The Labute approximate surface area is 181 Å². The van der Waals surface area contributed by atoms with Gasteiger partial charge >= 0.3 is 0 Å². The molecule has 2 saturated heterocycles. The number of aromatic nitrogens is 2. The van der Waals surface area contributed by atoms with Gasteiger partial charge in [0.1, 0.15) is 0 Å². The van der Waals surface area contributed by atoms with Crippen molar-refractivity contribution in [3.8, 4) is 11.3 Å². The summed E-state index contributed by atoms with van der Waals surface area (Å²) >= 11 is 1.65. The maximum Gasteiger partial charge on any atom is 0.264 e. The normalized spacial score (nSPS) is 21.6. The van der Waals surface area contributed by atoms with Crippen molar-refractivity contribution in [2.45, 2.75) is 65.0 Å². The Morgan fingerprint density at radius 3 is 2.70 bits per heavy atom. The van der Waals surface area contributed by atoms with Gasteiger partial charge in [0.25, 0.3) is 5.91 Å². The third kappa shape index (κ3) is 3.26. The van der Waals surface area contributed by atoms with Crippen LogP contribution in [-0.4, -0.2) is 45.9 Å². The van der Waals surface area contributed by atoms with Gasteiger partial charge in [0.2, 0.25) is 0 Å². The second-order valence-corrected chi connectivity index (χ2v) is 10.2. The SMILES string of the molecule is Cc1cc(-c2[nH]c3cc(C(=O)N4CCCC5NCCC54)sc3c2C(C)C)cc(C)n1. The molecule has 0 radical (unpaired) electrons. The minimum Gasteiger partial charge on any atom is -0.354 e. The summed E-state index contributed by atoms with van der Waals surface area (Å²) in [6.07, 6.45) is 3.35. The maximum atomic E-state index is 13.4. The molecule has 0 bridgehead atoms. The van der Waals surface area contributed by atoms with E-state index in [4.69, 9.17) is 0 Å². The van der Waals surface area contributed by atoms with Crippen LogP contribution in [0.1, 0.15) is 65.7 Å². The molecule has 2 N–H and O–H groups in total. The van der Waals surface area contributed by atoms with Crippen LogP contribution in [0, 0.1) is 13.8 Å². The monoisotopic (exact) mass is 422 g/mol. The molecule has 2 aliphatic rings. The fourth-order valence-electron chi connectivity index (χ4n) is 5.32. The number of nitrogens with one attached hydrogen (secondary N) is 2. The van der Waals surface area contributed by atoms with Crippen LogP contribution in [-0.2, 0) is 0 Å². The van der Waals surface area contributed by atoms with Crippen molar-refractivity contribution in [2.75, 3.05) is 13.1 Å². The molecule has 1 amide bonds. The second kappa shape index (κ2) is 7.50. The summed E-state index contributed by atoms with van der Waals surface area (Å²) < 4.78 is 1.22. The Balaban J connectivity index is 1.54. The van der Waals surface area contributed by atoms with Gasteiger partial charge in [0.15, 0.2) is 0 Å². The molecule has 0 aromatic carbocycles. The summed E-state index contributed by atoms with van der Waals surface area (Å²) in [6, 6.07) is 7.19. The largest absolute Gasteiger partial charge is 0.354 e. The van der Waals surface area contributed by atoms with Crippen molar-refractivity contribution in [1.29, 1.82) is 0 Å². The number of likely N-dealkylation sites (tertiary alicyclic amines) is 1. The van der Waals surface area contributed by atoms with Crippen molar-refractivity contribution >= 4 is 27.5 Å². The van der Waals surface area contributed by atoms with E-state index in [-0.39, 0.29) is 5.91 Å². The highest BCUT2D eigenvalue weighted by molar-refractivity contribution is 7.21. The lowest BCUT2D eigenvalue weighted by Gasteiger charge is -2.37. The van der Waals surface area contributed by atoms with Crippen LogP contribution < -0.4 is 5.32 Å². The van der Waals surface area contributed by atoms with Gasteiger partial charge in [0, 0.05) is 35.6 Å². The molecular formula is C24H30N4OS. The first kappa shape index (κ1) is 19.8. The van der Waals surface area contributed by atoms with Gasteiger partial charge in [-0.3, -0.25) is 9.78 Å². The van der Waals surface area contributed by atoms with Crippen molar-refractivity contribution in [3.63, 3.8) is 0 Å². The molecule has 6 heteroatoms. The third-order valence-corrected chi connectivity index (χ3v) is 7.71. The highest BCUT2D eigenvalue weighted by atomic mass is 32.1. The molecule has 0 saturated carbocycles. The topological polar surface area (TPSA) is 61.0 Å². The Morgan fingerprint density at radius 2 is 1.97 bits per heavy atom. The van der Waals surface area contributed by atoms with Gasteiger partial charge in [-0.15, -0.1) is 11.3 Å². The molecule has 2 aliphatic heterocycles. The summed E-state index contributed by atoms with van der Waals surface area (Å²) in [5.41, 5.74) is 6.77. The summed E-state index contributed by atoms with van der Waals surface area (Å²) in [4.78, 5) is 24.6. The van der Waals surface area contributed by atoms with Gasteiger partial charge in [0.05, 0.1) is 20.8 Å². The number of thiophene rings is 1. The van der Waals surface area contributed by atoms with E-state index in [1.165, 1.54) is 22.2 Å². The van der Waals surface area contributed by atoms with Crippen LogP contribution in [0.3, 0.4) is 0 Å². The predicted octanol–water partition coefficient (Wildman–Crippen LogP) is 5.00. The van der Waals surface area contributed by atoms with Crippen molar-refractivity contribution in [3.05, 3.63) is 40.0 Å². The van der Waals surface area contributed by atoms with Gasteiger partial charge in [-0.1, -0.05) is 13.8 Å². The number of aryl methyl sites for hydroxylation is 2. The summed E-state index contributed by atoms with van der Waals surface area (Å²) in [7, 11) is 0. The Hall–Kier alpha value is -2.18. The van der Waals surface area contributed by atoms with Crippen LogP contribution in [0.15, 0.2) is 18.2 Å². The fourth-order valence-corrected chi connectivity index (χ4v) is 6.59. The zero-order chi connectivity index (χ0) is 21.0. The summed E-state index contributed by atoms with van der Waals surface area (Å²) in [5.74, 6) is 0.567. The van der Waals surface area contributed by atoms with E-state index in [1.54, 1.807) is 11.3 Å². The summed E-state index contributed by atoms with van der Waals surface area (Å²) in [6.45, 7) is 10.4. The smallest absolute Gasteiger partial charge is 0.264 e. The number of hydrogen-bond donors (Lipinski definition) is 2. The number of pyridine rings is 1. The van der Waals surface area contributed by atoms with Crippen LogP contribution in [0.5, 0.6) is 0 Å². The number of piperidine rings is 1. The van der Waals surface area contributed by atoms with Crippen LogP contribution in [0.2, 0.25) is 0 Å². The number of amides is 1. The molecule has 5 rings (SSSR count). The Bertz CT molecular complexity index is 1090. The molecule has 30 heavy (non-hydrogen) atoms. The molecule has 5 nitrogen and oxygen atoms in total. The molecule has 3 aromatic rings. The van der Waals surface area contributed by atoms with Gasteiger partial charge < -0.3 is 15.2 Å². The van der Waals surface area contributed by atoms with E-state index in [9.17, 15) is 4.79 Å². The van der Waals surface area contributed by atoms with E-state index in [0.29, 0.717) is 18.0 Å². The minimum atomic E-state index is 0.204. The molecule has 0 spiro atoms. The zero-order valence-electron chi connectivity index (χ0n) is 18.2. The number of fused-ring (bicyclic) bond motifs is 2. The van der Waals surface area contributed by atoms with E-state index in [2.05, 4.69) is 52.2 Å². The lowest BCUT2D eigenvalue weighted by molar-refractivity contribution is 0.0605. The number of H-pyrrole nitrogens is 1. The average molecular weight is 423 g/mol. The van der Waals surface area contributed by atoms with Crippen molar-refractivity contribution in [1.82, 2.24) is 20.2 Å². The molecule has 2 unspecified atom stereocenters. The van der Waals surface area contributed by atoms with E-state index >= 15 is 0 Å². The number of carbonyl (C=O) groups is 1. The quantitative estimate of drug-likeness (QED) is 0.624. The standard InChI is InChI=1S/C24H30N4OS/c1-13(2)21-22(16-10-14(3)26-15(4)11-16)27-18-12-20(30-23(18)21)24(29)28-9-5-6-17-19(28)7-8-25-17/h10-13,17,19,25,27H,5-9H2,1-4H3. The van der Waals surface area contributed by atoms with Gasteiger partial charge in [-0.25, -0.2) is 0 Å². The second-order valence-electron chi connectivity index (χ2n) is 9.12. The Morgan fingerprint density at radius 1 is 1.20 bits per heavy atom. The minimum absolute atomic E-state index is 0.204. The lowest BCUT2D eigenvalue weighted by atomic mass is 9.97. The highest BCUT2D eigenvalue weighted by Gasteiger charge is 2.38. The summed E-state index contributed by atoms with van der Waals surface area (Å²) in [5, 5.41) is 3.57. The van der Waals surface area contributed by atoms with E-state index < -0.39 is 0 Å².